The van der Waals surface area contributed by atoms with Crippen molar-refractivity contribution in [2.75, 3.05) is 55.6 Å². The van der Waals surface area contributed by atoms with E-state index in [1.807, 2.05) is 54.8 Å². The summed E-state index contributed by atoms with van der Waals surface area (Å²) in [5.41, 5.74) is 4.08. The van der Waals surface area contributed by atoms with Gasteiger partial charge in [0, 0.05) is 63.5 Å². The van der Waals surface area contributed by atoms with Crippen molar-refractivity contribution in [3.05, 3.63) is 93.5 Å². The molecule has 0 aromatic heterocycles. The molecule has 2 atom stereocenters. The Bertz CT molecular complexity index is 1620. The molecule has 0 aliphatic carbocycles. The molecule has 0 radical (unpaired) electrons. The molecule has 222 valence electrons. The lowest BCUT2D eigenvalue weighted by molar-refractivity contribution is -0.0283. The zero-order valence-electron chi connectivity index (χ0n) is 24.5. The second-order valence-corrected chi connectivity index (χ2v) is 11.2. The van der Waals surface area contributed by atoms with Crippen molar-refractivity contribution >= 4 is 17.3 Å². The summed E-state index contributed by atoms with van der Waals surface area (Å²) in [5, 5.41) is 30.0. The van der Waals surface area contributed by atoms with Crippen molar-refractivity contribution in [2.45, 2.75) is 33.0 Å². The Hall–Kier alpha value is -4.51. The minimum Gasteiger partial charge on any atom is -0.374 e. The summed E-state index contributed by atoms with van der Waals surface area (Å²) < 4.78 is 28.9. The number of benzene rings is 3. The molecule has 8 nitrogen and oxygen atoms in total. The molecule has 0 saturated carbocycles. The molecule has 1 amide bonds. The summed E-state index contributed by atoms with van der Waals surface area (Å²) in [6, 6.07) is 16.8. The van der Waals surface area contributed by atoms with Gasteiger partial charge in [0.25, 0.3) is 5.91 Å². The number of aryl methyl sites for hydroxylation is 2. The largest absolute Gasteiger partial charge is 0.374 e. The smallest absolute Gasteiger partial charge is 0.254 e. The molecule has 10 heteroatoms. The molecule has 1 N–H and O–H groups in total. The van der Waals surface area contributed by atoms with Crippen LogP contribution in [0.25, 0.3) is 0 Å². The molecule has 2 aliphatic rings. The van der Waals surface area contributed by atoms with Gasteiger partial charge < -0.3 is 19.8 Å². The Balaban J connectivity index is 1.29. The van der Waals surface area contributed by atoms with E-state index >= 15 is 0 Å². The number of hydrogen-bond donors (Lipinski definition) is 1. The van der Waals surface area contributed by atoms with Gasteiger partial charge in [-0.2, -0.15) is 10.5 Å². The van der Waals surface area contributed by atoms with Gasteiger partial charge in [-0.15, -0.1) is 0 Å². The Morgan fingerprint density at radius 2 is 1.53 bits per heavy atom. The zero-order chi connectivity index (χ0) is 30.8. The van der Waals surface area contributed by atoms with Crippen LogP contribution >= 0.6 is 0 Å². The molecule has 0 bridgehead atoms. The Morgan fingerprint density at radius 1 is 0.860 bits per heavy atom. The van der Waals surface area contributed by atoms with E-state index in [9.17, 15) is 23.9 Å². The number of halogens is 2. The number of nitriles is 2. The molecule has 2 aliphatic heterocycles. The number of nitrogens with zero attached hydrogens (tertiary/aromatic N) is 6. The first kappa shape index (κ1) is 30.0. The number of carbonyl (C=O) groups excluding carboxylic acids is 1. The van der Waals surface area contributed by atoms with E-state index in [0.717, 1.165) is 28.9 Å². The summed E-state index contributed by atoms with van der Waals surface area (Å²) in [6.07, 6.45) is -0.994. The maximum Gasteiger partial charge on any atom is 0.254 e. The van der Waals surface area contributed by atoms with Crippen LogP contribution in [0.15, 0.2) is 48.5 Å². The molecular weight excluding hydrogens is 550 g/mol. The lowest BCUT2D eigenvalue weighted by atomic mass is 9.96. The summed E-state index contributed by atoms with van der Waals surface area (Å²) in [4.78, 5) is 21.2. The van der Waals surface area contributed by atoms with Gasteiger partial charge >= 0.3 is 0 Å². The third-order valence-electron chi connectivity index (χ3n) is 8.54. The Morgan fingerprint density at radius 3 is 2.21 bits per heavy atom. The Labute approximate surface area is 250 Å². The first-order chi connectivity index (χ1) is 20.6. The monoisotopic (exact) mass is 584 g/mol. The van der Waals surface area contributed by atoms with Gasteiger partial charge in [0.1, 0.15) is 30.0 Å². The van der Waals surface area contributed by atoms with Crippen molar-refractivity contribution in [3.63, 3.8) is 0 Å². The summed E-state index contributed by atoms with van der Waals surface area (Å²) in [6.45, 7) is 9.01. The molecule has 5 rings (SSSR count). The number of carbonyl (C=O) groups is 1. The van der Waals surface area contributed by atoms with Gasteiger partial charge in [0.2, 0.25) is 0 Å². The number of para-hydroxylation sites is 1. The lowest BCUT2D eigenvalue weighted by Crippen LogP contribution is -2.53. The summed E-state index contributed by atoms with van der Waals surface area (Å²) >= 11 is 0. The van der Waals surface area contributed by atoms with Crippen LogP contribution in [0.3, 0.4) is 0 Å². The molecule has 2 fully saturated rings. The van der Waals surface area contributed by atoms with E-state index < -0.39 is 17.9 Å². The first-order valence-electron chi connectivity index (χ1n) is 14.3. The highest BCUT2D eigenvalue weighted by molar-refractivity contribution is 5.96. The van der Waals surface area contributed by atoms with Gasteiger partial charge in [0.15, 0.2) is 0 Å². The van der Waals surface area contributed by atoms with E-state index in [1.54, 1.807) is 23.1 Å². The summed E-state index contributed by atoms with van der Waals surface area (Å²) in [7, 11) is 0. The number of aliphatic hydroxyl groups is 1. The van der Waals surface area contributed by atoms with Crippen LogP contribution in [0.2, 0.25) is 0 Å². The van der Waals surface area contributed by atoms with Crippen LogP contribution in [-0.2, 0) is 0 Å². The topological polar surface area (TPSA) is 97.8 Å². The van der Waals surface area contributed by atoms with E-state index in [-0.39, 0.29) is 23.2 Å². The molecular formula is C33H34F2N6O2. The maximum absolute atomic E-state index is 14.7. The van der Waals surface area contributed by atoms with Crippen molar-refractivity contribution < 1.29 is 18.7 Å². The average Bonchev–Trinajstić information content (AvgIpc) is 3.01. The lowest BCUT2D eigenvalue weighted by Gasteiger charge is -2.43. The first-order valence-corrected chi connectivity index (χ1v) is 14.3. The number of rotatable bonds is 5. The molecule has 3 aromatic carbocycles. The third-order valence-corrected chi connectivity index (χ3v) is 8.54. The zero-order valence-corrected chi connectivity index (χ0v) is 24.5. The van der Waals surface area contributed by atoms with Gasteiger partial charge in [-0.1, -0.05) is 18.2 Å². The highest BCUT2D eigenvalue weighted by atomic mass is 19.1. The minimum absolute atomic E-state index is 0.0908. The van der Waals surface area contributed by atoms with E-state index in [2.05, 4.69) is 11.0 Å². The number of aliphatic hydroxyl groups excluding tert-OH is 1. The quantitative estimate of drug-likeness (QED) is 0.472. The van der Waals surface area contributed by atoms with E-state index in [1.165, 1.54) is 0 Å². The van der Waals surface area contributed by atoms with E-state index in [4.69, 9.17) is 5.26 Å². The van der Waals surface area contributed by atoms with Gasteiger partial charge in [0.05, 0.1) is 22.5 Å². The van der Waals surface area contributed by atoms with Gasteiger partial charge in [-0.3, -0.25) is 9.69 Å². The molecule has 2 saturated heterocycles. The normalized spacial score (nSPS) is 18.2. The van der Waals surface area contributed by atoms with Crippen LogP contribution < -0.4 is 9.80 Å². The van der Waals surface area contributed by atoms with Crippen molar-refractivity contribution in [1.82, 2.24) is 9.80 Å². The number of hydrogen-bond acceptors (Lipinski definition) is 7. The molecule has 43 heavy (non-hydrogen) atoms. The fourth-order valence-corrected chi connectivity index (χ4v) is 6.14. The fourth-order valence-electron chi connectivity index (χ4n) is 6.14. The second-order valence-electron chi connectivity index (χ2n) is 11.2. The summed E-state index contributed by atoms with van der Waals surface area (Å²) in [5.74, 6) is -1.53. The van der Waals surface area contributed by atoms with Crippen molar-refractivity contribution in [2.24, 2.45) is 0 Å². The highest BCUT2D eigenvalue weighted by Crippen LogP contribution is 2.31. The van der Waals surface area contributed by atoms with Crippen LogP contribution in [0.1, 0.15) is 51.3 Å². The van der Waals surface area contributed by atoms with Crippen molar-refractivity contribution in [3.8, 4) is 12.1 Å². The molecule has 1 unspecified atom stereocenters. The number of piperazine rings is 2. The predicted molar refractivity (Wildman–Crippen MR) is 160 cm³/mol. The Kier molecular flexibility index (Phi) is 8.63. The maximum atomic E-state index is 14.7. The van der Waals surface area contributed by atoms with Crippen molar-refractivity contribution in [1.29, 1.82) is 10.5 Å². The van der Waals surface area contributed by atoms with Gasteiger partial charge in [-0.25, -0.2) is 8.78 Å². The van der Waals surface area contributed by atoms with Crippen LogP contribution in [-0.4, -0.2) is 72.7 Å². The highest BCUT2D eigenvalue weighted by Gasteiger charge is 2.32. The fraction of sp³-hybridized carbons (Fsp3) is 0.364. The van der Waals surface area contributed by atoms with E-state index in [0.29, 0.717) is 62.5 Å². The van der Waals surface area contributed by atoms with Crippen LogP contribution in [0, 0.1) is 48.1 Å². The number of amides is 1. The predicted octanol–water partition coefficient (Wildman–Crippen LogP) is 4.49. The second kappa shape index (κ2) is 12.4. The minimum atomic E-state index is -0.994. The van der Waals surface area contributed by atoms with Gasteiger partial charge in [-0.05, 0) is 61.7 Å². The molecule has 3 aromatic rings. The van der Waals surface area contributed by atoms with Crippen LogP contribution in [0.4, 0.5) is 20.2 Å². The molecule has 2 heterocycles. The SMILES string of the molecule is Cc1cc(C)c(C(O)N2CCN(c3cc(F)c(C#N)cc3F)C[C@@H]2C)cc1C(=O)N1CCN(c2ccccc2C#N)CC1. The number of anilines is 2. The average molecular weight is 585 g/mol. The third kappa shape index (κ3) is 5.90. The standard InChI is InChI=1S/C33H34F2N6O2/c1-21-14-22(2)27(16-26(21)32(42)39-10-8-38(9-11-39)30-7-5-4-6-24(30)18-36)33(43)41-13-12-40(20-23(41)3)31-17-28(34)25(19-37)15-29(31)35/h4-7,14-17,23,33,43H,8-13,20H2,1-3H3/t23-,33?/m0/s1. The molecule has 0 spiro atoms. The van der Waals surface area contributed by atoms with Crippen LogP contribution in [0.5, 0.6) is 0 Å².